The Hall–Kier alpha value is -2.10. The van der Waals surface area contributed by atoms with E-state index >= 15 is 0 Å². The third kappa shape index (κ3) is 2.71. The van der Waals surface area contributed by atoms with Crippen LogP contribution in [0.4, 0.5) is 0 Å². The van der Waals surface area contributed by atoms with Crippen LogP contribution in [0.1, 0.15) is 31.4 Å². The number of benzene rings is 1. The fourth-order valence-electron chi connectivity index (χ4n) is 2.92. The first kappa shape index (κ1) is 13.9. The lowest BCUT2D eigenvalue weighted by Crippen LogP contribution is -2.60. The van der Waals surface area contributed by atoms with Gasteiger partial charge in [0.15, 0.2) is 0 Å². The summed E-state index contributed by atoms with van der Waals surface area (Å²) >= 11 is 0. The molecule has 2 aliphatic rings. The highest BCUT2D eigenvalue weighted by molar-refractivity contribution is 5.98. The zero-order valence-corrected chi connectivity index (χ0v) is 12.2. The van der Waals surface area contributed by atoms with Crippen molar-refractivity contribution >= 4 is 11.8 Å². The molecule has 1 aliphatic heterocycles. The lowest BCUT2D eigenvalue weighted by molar-refractivity contribution is -0.149. The Kier molecular flexibility index (Phi) is 3.53. The molecule has 1 heterocycles. The van der Waals surface area contributed by atoms with Crippen LogP contribution in [0.25, 0.3) is 0 Å². The molecule has 1 aliphatic carbocycles. The van der Waals surface area contributed by atoms with Crippen molar-refractivity contribution in [2.45, 2.75) is 31.8 Å². The Balaban J connectivity index is 1.94. The predicted octanol–water partition coefficient (Wildman–Crippen LogP) is 2.04. The molecule has 0 radical (unpaired) electrons. The SMILES string of the molecule is C=C(C)CN1C(=O)C(C2CC2)NC(=O)C1c1ccccc1. The molecule has 1 aromatic carbocycles. The molecule has 1 saturated heterocycles. The summed E-state index contributed by atoms with van der Waals surface area (Å²) in [7, 11) is 0. The van der Waals surface area contributed by atoms with Gasteiger partial charge in [-0.25, -0.2) is 0 Å². The van der Waals surface area contributed by atoms with Gasteiger partial charge in [-0.15, -0.1) is 0 Å². The Labute approximate surface area is 124 Å². The highest BCUT2D eigenvalue weighted by Crippen LogP contribution is 2.37. The molecule has 0 aromatic heterocycles. The average Bonchev–Trinajstić information content (AvgIpc) is 3.27. The second kappa shape index (κ2) is 5.35. The maximum Gasteiger partial charge on any atom is 0.248 e. The van der Waals surface area contributed by atoms with Gasteiger partial charge in [-0.2, -0.15) is 0 Å². The van der Waals surface area contributed by atoms with Crippen molar-refractivity contribution in [3.05, 3.63) is 48.0 Å². The van der Waals surface area contributed by atoms with E-state index in [1.54, 1.807) is 4.90 Å². The van der Waals surface area contributed by atoms with E-state index in [-0.39, 0.29) is 17.9 Å². The molecule has 2 unspecified atom stereocenters. The van der Waals surface area contributed by atoms with Gasteiger partial charge in [0, 0.05) is 6.54 Å². The maximum atomic E-state index is 12.7. The van der Waals surface area contributed by atoms with Crippen molar-refractivity contribution in [3.63, 3.8) is 0 Å². The van der Waals surface area contributed by atoms with E-state index in [2.05, 4.69) is 11.9 Å². The highest BCUT2D eigenvalue weighted by Gasteiger charge is 2.47. The Morgan fingerprint density at radius 1 is 1.29 bits per heavy atom. The first-order chi connectivity index (χ1) is 10.1. The smallest absolute Gasteiger partial charge is 0.248 e. The maximum absolute atomic E-state index is 12.7. The zero-order valence-electron chi connectivity index (χ0n) is 12.2. The highest BCUT2D eigenvalue weighted by atomic mass is 16.2. The second-order valence-corrected chi connectivity index (χ2v) is 6.06. The molecule has 4 nitrogen and oxygen atoms in total. The normalized spacial score (nSPS) is 25.7. The van der Waals surface area contributed by atoms with E-state index in [0.717, 1.165) is 24.0 Å². The molecule has 2 amide bonds. The second-order valence-electron chi connectivity index (χ2n) is 6.06. The third-order valence-corrected chi connectivity index (χ3v) is 4.06. The van der Waals surface area contributed by atoms with Gasteiger partial charge in [-0.05, 0) is 31.2 Å². The van der Waals surface area contributed by atoms with Gasteiger partial charge in [-0.3, -0.25) is 9.59 Å². The number of nitrogens with zero attached hydrogens (tertiary/aromatic N) is 1. The summed E-state index contributed by atoms with van der Waals surface area (Å²) in [6.45, 7) is 6.21. The number of amides is 2. The van der Waals surface area contributed by atoms with E-state index < -0.39 is 6.04 Å². The summed E-state index contributed by atoms with van der Waals surface area (Å²) in [4.78, 5) is 27.0. The van der Waals surface area contributed by atoms with Gasteiger partial charge in [-0.1, -0.05) is 42.5 Å². The molecule has 1 saturated carbocycles. The van der Waals surface area contributed by atoms with Gasteiger partial charge in [0.2, 0.25) is 11.8 Å². The van der Waals surface area contributed by atoms with Crippen LogP contribution in [0.2, 0.25) is 0 Å². The van der Waals surface area contributed by atoms with Crippen molar-refractivity contribution in [1.82, 2.24) is 10.2 Å². The molecular formula is C17H20N2O2. The Morgan fingerprint density at radius 3 is 2.52 bits per heavy atom. The molecule has 3 rings (SSSR count). The summed E-state index contributed by atoms with van der Waals surface area (Å²) in [5.41, 5.74) is 1.73. The minimum atomic E-state index is -0.551. The lowest BCUT2D eigenvalue weighted by atomic mass is 9.97. The van der Waals surface area contributed by atoms with E-state index in [1.807, 2.05) is 37.3 Å². The lowest BCUT2D eigenvalue weighted by Gasteiger charge is -2.39. The van der Waals surface area contributed by atoms with Crippen LogP contribution in [-0.4, -0.2) is 29.3 Å². The molecule has 1 aromatic rings. The summed E-state index contributed by atoms with van der Waals surface area (Å²) in [5.74, 6) is 0.249. The van der Waals surface area contributed by atoms with E-state index in [0.29, 0.717) is 12.5 Å². The first-order valence-electron chi connectivity index (χ1n) is 7.38. The fraction of sp³-hybridized carbons (Fsp3) is 0.412. The van der Waals surface area contributed by atoms with Crippen LogP contribution in [0, 0.1) is 5.92 Å². The van der Waals surface area contributed by atoms with Crippen LogP contribution < -0.4 is 5.32 Å². The summed E-state index contributed by atoms with van der Waals surface area (Å²) < 4.78 is 0. The van der Waals surface area contributed by atoms with Gasteiger partial charge >= 0.3 is 0 Å². The number of nitrogens with one attached hydrogen (secondary N) is 1. The summed E-state index contributed by atoms with van der Waals surface area (Å²) in [5, 5.41) is 2.92. The van der Waals surface area contributed by atoms with Crippen molar-refractivity contribution in [2.24, 2.45) is 5.92 Å². The van der Waals surface area contributed by atoms with Crippen LogP contribution >= 0.6 is 0 Å². The molecular weight excluding hydrogens is 264 g/mol. The number of carbonyl (C=O) groups excluding carboxylic acids is 2. The zero-order chi connectivity index (χ0) is 15.0. The van der Waals surface area contributed by atoms with Crippen LogP contribution in [-0.2, 0) is 9.59 Å². The number of hydrogen-bond acceptors (Lipinski definition) is 2. The van der Waals surface area contributed by atoms with Crippen LogP contribution in [0.3, 0.4) is 0 Å². The van der Waals surface area contributed by atoms with E-state index in [1.165, 1.54) is 0 Å². The Bertz CT molecular complexity index is 578. The standard InChI is InChI=1S/C17H20N2O2/c1-11(2)10-19-15(13-6-4-3-5-7-13)16(20)18-14(17(19)21)12-8-9-12/h3-7,12,14-15H,1,8-10H2,2H3,(H,18,20). The molecule has 110 valence electrons. The number of carbonyl (C=O) groups is 2. The predicted molar refractivity (Wildman–Crippen MR) is 80.4 cm³/mol. The van der Waals surface area contributed by atoms with Gasteiger partial charge in [0.05, 0.1) is 0 Å². The van der Waals surface area contributed by atoms with E-state index in [9.17, 15) is 9.59 Å². The van der Waals surface area contributed by atoms with Crippen LogP contribution in [0.5, 0.6) is 0 Å². The topological polar surface area (TPSA) is 49.4 Å². The Morgan fingerprint density at radius 2 is 1.95 bits per heavy atom. The molecule has 0 bridgehead atoms. The van der Waals surface area contributed by atoms with Crippen LogP contribution in [0.15, 0.2) is 42.5 Å². The molecule has 4 heteroatoms. The first-order valence-corrected chi connectivity index (χ1v) is 7.38. The largest absolute Gasteiger partial charge is 0.342 e. The molecule has 2 fully saturated rings. The monoisotopic (exact) mass is 284 g/mol. The molecule has 0 spiro atoms. The molecule has 2 atom stereocenters. The number of piperazine rings is 1. The number of hydrogen-bond donors (Lipinski definition) is 1. The average molecular weight is 284 g/mol. The molecule has 21 heavy (non-hydrogen) atoms. The third-order valence-electron chi connectivity index (χ3n) is 4.06. The number of rotatable bonds is 4. The van der Waals surface area contributed by atoms with Gasteiger partial charge in [0.25, 0.3) is 0 Å². The van der Waals surface area contributed by atoms with Gasteiger partial charge in [0.1, 0.15) is 12.1 Å². The van der Waals surface area contributed by atoms with Crippen molar-refractivity contribution in [2.75, 3.05) is 6.54 Å². The summed E-state index contributed by atoms with van der Waals surface area (Å²) in [6.07, 6.45) is 2.04. The van der Waals surface area contributed by atoms with Crippen molar-refractivity contribution < 1.29 is 9.59 Å². The minimum Gasteiger partial charge on any atom is -0.342 e. The quantitative estimate of drug-likeness (QED) is 0.860. The molecule has 1 N–H and O–H groups in total. The summed E-state index contributed by atoms with van der Waals surface area (Å²) in [6, 6.07) is 8.56. The van der Waals surface area contributed by atoms with Crippen molar-refractivity contribution in [3.8, 4) is 0 Å². The van der Waals surface area contributed by atoms with Gasteiger partial charge < -0.3 is 10.2 Å². The fourth-order valence-corrected chi connectivity index (χ4v) is 2.92. The van der Waals surface area contributed by atoms with E-state index in [4.69, 9.17) is 0 Å². The van der Waals surface area contributed by atoms with Crippen molar-refractivity contribution in [1.29, 1.82) is 0 Å². The minimum absolute atomic E-state index is 0.0222.